The molecule has 1 unspecified atom stereocenters. The Morgan fingerprint density at radius 2 is 2.00 bits per heavy atom. The lowest BCUT2D eigenvalue weighted by molar-refractivity contribution is 0.0786. The number of aliphatic hydroxyl groups is 1. The Kier molecular flexibility index (Phi) is 6.37. The summed E-state index contributed by atoms with van der Waals surface area (Å²) in [6, 6.07) is 14.9. The minimum atomic E-state index is -0.241. The molecule has 0 aliphatic carbocycles. The number of carbonyl (C=O) groups excluding carboxylic acids is 2. The van der Waals surface area contributed by atoms with Crippen molar-refractivity contribution in [2.75, 3.05) is 33.4 Å². The lowest BCUT2D eigenvalue weighted by Crippen LogP contribution is -2.29. The van der Waals surface area contributed by atoms with Crippen molar-refractivity contribution in [1.29, 1.82) is 0 Å². The summed E-state index contributed by atoms with van der Waals surface area (Å²) < 4.78 is 5.47. The zero-order valence-electron chi connectivity index (χ0n) is 18.3. The minimum Gasteiger partial charge on any atom is -0.496 e. The molecule has 2 heterocycles. The van der Waals surface area contributed by atoms with Crippen LogP contribution in [0.25, 0.3) is 10.9 Å². The molecular formula is C25H27N3O4. The highest BCUT2D eigenvalue weighted by Crippen LogP contribution is 2.32. The van der Waals surface area contributed by atoms with E-state index in [1.54, 1.807) is 13.2 Å². The number of methoxy groups -OCH3 is 1. The van der Waals surface area contributed by atoms with Gasteiger partial charge in [0.25, 0.3) is 11.8 Å². The second-order valence-electron chi connectivity index (χ2n) is 7.98. The summed E-state index contributed by atoms with van der Waals surface area (Å²) in [4.78, 5) is 32.5. The number of benzene rings is 2. The molecule has 0 saturated carbocycles. The number of likely N-dealkylation sites (tertiary alicyclic amines) is 1. The van der Waals surface area contributed by atoms with Gasteiger partial charge in [-0.1, -0.05) is 30.3 Å². The van der Waals surface area contributed by atoms with Crippen LogP contribution >= 0.6 is 0 Å². The molecule has 2 aromatic carbocycles. The number of rotatable bonds is 6. The first-order chi connectivity index (χ1) is 15.5. The van der Waals surface area contributed by atoms with Crippen LogP contribution in [-0.2, 0) is 0 Å². The van der Waals surface area contributed by atoms with Crippen molar-refractivity contribution in [3.8, 4) is 5.75 Å². The molecule has 1 fully saturated rings. The summed E-state index contributed by atoms with van der Waals surface area (Å²) in [5.74, 6) is 0.334. The number of nitrogens with one attached hydrogen (secondary N) is 1. The van der Waals surface area contributed by atoms with Gasteiger partial charge in [0.2, 0.25) is 0 Å². The van der Waals surface area contributed by atoms with E-state index in [1.165, 1.54) is 0 Å². The van der Waals surface area contributed by atoms with Gasteiger partial charge in [-0.3, -0.25) is 14.6 Å². The summed E-state index contributed by atoms with van der Waals surface area (Å²) in [5, 5.41) is 12.6. The number of ether oxygens (including phenoxy) is 1. The predicted octanol–water partition coefficient (Wildman–Crippen LogP) is 2.90. The molecule has 2 N–H and O–H groups in total. The fourth-order valence-electron chi connectivity index (χ4n) is 4.31. The van der Waals surface area contributed by atoms with Crippen LogP contribution < -0.4 is 10.1 Å². The van der Waals surface area contributed by atoms with Crippen LogP contribution in [0.5, 0.6) is 5.75 Å². The largest absolute Gasteiger partial charge is 0.496 e. The Labute approximate surface area is 187 Å². The number of para-hydroxylation sites is 2. The van der Waals surface area contributed by atoms with Crippen LogP contribution in [-0.4, -0.2) is 60.2 Å². The fourth-order valence-corrected chi connectivity index (χ4v) is 4.31. The van der Waals surface area contributed by atoms with Crippen LogP contribution in [0.4, 0.5) is 0 Å². The van der Waals surface area contributed by atoms with Crippen molar-refractivity contribution in [2.24, 2.45) is 0 Å². The molecule has 32 heavy (non-hydrogen) atoms. The molecule has 7 heteroatoms. The Balaban J connectivity index is 1.62. The summed E-state index contributed by atoms with van der Waals surface area (Å²) in [6.07, 6.45) is 0.767. The van der Waals surface area contributed by atoms with Crippen molar-refractivity contribution < 1.29 is 19.4 Å². The standard InChI is InChI=1S/C25H27N3O4/c1-16-6-5-8-19(23(16)32-2)25(31)28-12-10-17(15-28)22-14-20(24(30)26-11-13-29)18-7-3-4-9-21(18)27-22/h3-9,14,17,29H,10-13,15H2,1-2H3,(H,26,30). The number of aromatic nitrogens is 1. The number of aliphatic hydroxyl groups excluding tert-OH is 1. The number of hydrogen-bond donors (Lipinski definition) is 2. The van der Waals surface area contributed by atoms with Crippen LogP contribution in [0.15, 0.2) is 48.5 Å². The van der Waals surface area contributed by atoms with E-state index in [0.29, 0.717) is 30.0 Å². The Hall–Kier alpha value is -3.45. The molecule has 2 amide bonds. The number of carbonyl (C=O) groups is 2. The quantitative estimate of drug-likeness (QED) is 0.624. The number of hydrogen-bond acceptors (Lipinski definition) is 5. The Morgan fingerprint density at radius 1 is 1.19 bits per heavy atom. The minimum absolute atomic E-state index is 0.0313. The lowest BCUT2D eigenvalue weighted by atomic mass is 9.99. The highest BCUT2D eigenvalue weighted by molar-refractivity contribution is 6.06. The van der Waals surface area contributed by atoms with Gasteiger partial charge in [-0.2, -0.15) is 0 Å². The van der Waals surface area contributed by atoms with E-state index in [2.05, 4.69) is 5.32 Å². The van der Waals surface area contributed by atoms with E-state index >= 15 is 0 Å². The van der Waals surface area contributed by atoms with Crippen LogP contribution in [0.1, 0.15) is 44.3 Å². The molecule has 0 radical (unpaired) electrons. The van der Waals surface area contributed by atoms with Gasteiger partial charge < -0.3 is 20.1 Å². The van der Waals surface area contributed by atoms with Crippen LogP contribution in [0, 0.1) is 6.92 Å². The normalized spacial score (nSPS) is 15.7. The number of pyridine rings is 1. The molecule has 0 spiro atoms. The van der Waals surface area contributed by atoms with Gasteiger partial charge in [0.15, 0.2) is 0 Å². The van der Waals surface area contributed by atoms with Crippen molar-refractivity contribution in [2.45, 2.75) is 19.3 Å². The zero-order chi connectivity index (χ0) is 22.7. The highest BCUT2D eigenvalue weighted by Gasteiger charge is 2.31. The molecule has 0 bridgehead atoms. The molecule has 1 aliphatic rings. The summed E-state index contributed by atoms with van der Waals surface area (Å²) in [7, 11) is 1.58. The SMILES string of the molecule is COc1c(C)cccc1C(=O)N1CCC(c2cc(C(=O)NCCO)c3ccccc3n2)C1. The van der Waals surface area contributed by atoms with E-state index in [4.69, 9.17) is 14.8 Å². The van der Waals surface area contributed by atoms with E-state index in [9.17, 15) is 9.59 Å². The number of fused-ring (bicyclic) bond motifs is 1. The molecule has 1 aliphatic heterocycles. The third-order valence-electron chi connectivity index (χ3n) is 5.92. The molecule has 4 rings (SSSR count). The van der Waals surface area contributed by atoms with Crippen molar-refractivity contribution in [3.63, 3.8) is 0 Å². The molecule has 3 aromatic rings. The monoisotopic (exact) mass is 433 g/mol. The average molecular weight is 434 g/mol. The molecule has 166 valence electrons. The molecule has 1 atom stereocenters. The van der Waals surface area contributed by atoms with Gasteiger partial charge in [0.05, 0.1) is 30.4 Å². The first-order valence-electron chi connectivity index (χ1n) is 10.7. The van der Waals surface area contributed by atoms with Crippen LogP contribution in [0.2, 0.25) is 0 Å². The maximum atomic E-state index is 13.2. The predicted molar refractivity (Wildman–Crippen MR) is 122 cm³/mol. The Bertz CT molecular complexity index is 1160. The Morgan fingerprint density at radius 3 is 2.78 bits per heavy atom. The summed E-state index contributed by atoms with van der Waals surface area (Å²) in [6.45, 7) is 3.13. The maximum Gasteiger partial charge on any atom is 0.257 e. The lowest BCUT2D eigenvalue weighted by Gasteiger charge is -2.19. The summed E-state index contributed by atoms with van der Waals surface area (Å²) >= 11 is 0. The highest BCUT2D eigenvalue weighted by atomic mass is 16.5. The molecule has 1 saturated heterocycles. The zero-order valence-corrected chi connectivity index (χ0v) is 18.3. The van der Waals surface area contributed by atoms with Gasteiger partial charge in [0, 0.05) is 36.6 Å². The van der Waals surface area contributed by atoms with E-state index in [-0.39, 0.29) is 30.9 Å². The van der Waals surface area contributed by atoms with Gasteiger partial charge >= 0.3 is 0 Å². The van der Waals surface area contributed by atoms with Crippen molar-refractivity contribution in [1.82, 2.24) is 15.2 Å². The maximum absolute atomic E-state index is 13.2. The van der Waals surface area contributed by atoms with Crippen molar-refractivity contribution in [3.05, 3.63) is 70.9 Å². The molecule has 7 nitrogen and oxygen atoms in total. The van der Waals surface area contributed by atoms with E-state index in [0.717, 1.165) is 28.6 Å². The molecular weight excluding hydrogens is 406 g/mol. The van der Waals surface area contributed by atoms with Gasteiger partial charge in [-0.15, -0.1) is 0 Å². The number of aryl methyl sites for hydroxylation is 1. The third-order valence-corrected chi connectivity index (χ3v) is 5.92. The van der Waals surface area contributed by atoms with Crippen LogP contribution in [0.3, 0.4) is 0 Å². The fraction of sp³-hybridized carbons (Fsp3) is 0.320. The van der Waals surface area contributed by atoms with Gasteiger partial charge in [-0.25, -0.2) is 0 Å². The van der Waals surface area contributed by atoms with Crippen molar-refractivity contribution >= 4 is 22.7 Å². The second kappa shape index (κ2) is 9.36. The first kappa shape index (κ1) is 21.8. The van der Waals surface area contributed by atoms with Gasteiger partial charge in [-0.05, 0) is 37.1 Å². The number of nitrogens with zero attached hydrogens (tertiary/aromatic N) is 2. The van der Waals surface area contributed by atoms with E-state index in [1.807, 2.05) is 54.3 Å². The number of amides is 2. The van der Waals surface area contributed by atoms with E-state index < -0.39 is 0 Å². The topological polar surface area (TPSA) is 91.8 Å². The first-order valence-corrected chi connectivity index (χ1v) is 10.7. The second-order valence-corrected chi connectivity index (χ2v) is 7.98. The smallest absolute Gasteiger partial charge is 0.257 e. The molecule has 1 aromatic heterocycles. The third kappa shape index (κ3) is 4.16. The van der Waals surface area contributed by atoms with Gasteiger partial charge in [0.1, 0.15) is 5.75 Å². The average Bonchev–Trinajstić information content (AvgIpc) is 3.31. The summed E-state index contributed by atoms with van der Waals surface area (Å²) in [5.41, 5.74) is 3.55.